The van der Waals surface area contributed by atoms with Crippen molar-refractivity contribution < 1.29 is 14.0 Å². The van der Waals surface area contributed by atoms with Crippen molar-refractivity contribution in [2.24, 2.45) is 0 Å². The molecule has 0 aliphatic rings. The third kappa shape index (κ3) is 4.49. The van der Waals surface area contributed by atoms with Crippen molar-refractivity contribution >= 4 is 0 Å². The number of aromatic nitrogens is 1. The summed E-state index contributed by atoms with van der Waals surface area (Å²) in [6.07, 6.45) is 1.12. The second-order valence-corrected chi connectivity index (χ2v) is 4.88. The summed E-state index contributed by atoms with van der Waals surface area (Å²) in [5.41, 5.74) is 1.94. The van der Waals surface area contributed by atoms with Gasteiger partial charge in [-0.15, -0.1) is 0 Å². The molecule has 0 spiro atoms. The maximum absolute atomic E-state index is 5.74. The lowest BCUT2D eigenvalue weighted by molar-refractivity contribution is 0.271. The van der Waals surface area contributed by atoms with Crippen molar-refractivity contribution in [1.82, 2.24) is 10.5 Å². The maximum atomic E-state index is 5.74. The van der Waals surface area contributed by atoms with Crippen molar-refractivity contribution in [3.8, 4) is 11.5 Å². The van der Waals surface area contributed by atoms with Gasteiger partial charge in [0.05, 0.1) is 7.11 Å². The second kappa shape index (κ2) is 7.69. The molecule has 2 aromatic rings. The number of rotatable bonds is 8. The lowest BCUT2D eigenvalue weighted by Gasteiger charge is -2.11. The van der Waals surface area contributed by atoms with E-state index >= 15 is 0 Å². The molecular formula is C16H22N2O3. The van der Waals surface area contributed by atoms with Gasteiger partial charge in [0, 0.05) is 12.6 Å². The summed E-state index contributed by atoms with van der Waals surface area (Å²) in [6.45, 7) is 6.20. The zero-order chi connectivity index (χ0) is 15.1. The number of nitrogens with one attached hydrogen (secondary N) is 1. The Kier molecular flexibility index (Phi) is 5.63. The van der Waals surface area contributed by atoms with E-state index in [1.807, 2.05) is 31.2 Å². The minimum atomic E-state index is 0.362. The Morgan fingerprint density at radius 1 is 1.24 bits per heavy atom. The number of aryl methyl sites for hydroxylation is 1. The molecule has 0 bridgehead atoms. The molecule has 21 heavy (non-hydrogen) atoms. The zero-order valence-corrected chi connectivity index (χ0v) is 12.8. The van der Waals surface area contributed by atoms with E-state index in [-0.39, 0.29) is 0 Å². The normalized spacial score (nSPS) is 10.6. The predicted octanol–water partition coefficient (Wildman–Crippen LogP) is 3.07. The summed E-state index contributed by atoms with van der Waals surface area (Å²) in [6, 6.07) is 7.81. The van der Waals surface area contributed by atoms with Gasteiger partial charge in [0.15, 0.2) is 11.5 Å². The van der Waals surface area contributed by atoms with Gasteiger partial charge in [-0.25, -0.2) is 0 Å². The summed E-state index contributed by atoms with van der Waals surface area (Å²) in [4.78, 5) is 0. The molecule has 0 aliphatic heterocycles. The highest BCUT2D eigenvalue weighted by molar-refractivity contribution is 5.43. The highest BCUT2D eigenvalue weighted by atomic mass is 16.5. The Balaban J connectivity index is 1.98. The first-order valence-corrected chi connectivity index (χ1v) is 7.15. The van der Waals surface area contributed by atoms with Gasteiger partial charge in [-0.3, -0.25) is 0 Å². The standard InChI is InChI=1S/C16H22N2O3/c1-4-7-17-10-13-5-6-15(16(9-13)19-3)20-11-14-8-12(2)21-18-14/h5-6,8-9,17H,4,7,10-11H2,1-3H3. The molecule has 1 aromatic carbocycles. The lowest BCUT2D eigenvalue weighted by Crippen LogP contribution is -2.13. The number of nitrogens with zero attached hydrogens (tertiary/aromatic N) is 1. The first-order chi connectivity index (χ1) is 10.2. The van der Waals surface area contributed by atoms with Gasteiger partial charge < -0.3 is 19.3 Å². The Hall–Kier alpha value is -2.01. The minimum Gasteiger partial charge on any atom is -0.493 e. The van der Waals surface area contributed by atoms with Gasteiger partial charge in [-0.2, -0.15) is 0 Å². The van der Waals surface area contributed by atoms with E-state index in [0.717, 1.165) is 36.7 Å². The average molecular weight is 290 g/mol. The van der Waals surface area contributed by atoms with E-state index in [9.17, 15) is 0 Å². The number of methoxy groups -OCH3 is 1. The molecule has 0 fully saturated rings. The monoisotopic (exact) mass is 290 g/mol. The van der Waals surface area contributed by atoms with Crippen LogP contribution in [0.5, 0.6) is 11.5 Å². The fourth-order valence-corrected chi connectivity index (χ4v) is 1.99. The van der Waals surface area contributed by atoms with Gasteiger partial charge in [0.1, 0.15) is 18.1 Å². The molecule has 0 atom stereocenters. The Bertz CT molecular complexity index is 566. The molecule has 1 N–H and O–H groups in total. The van der Waals surface area contributed by atoms with Crippen molar-refractivity contribution in [3.05, 3.63) is 41.3 Å². The van der Waals surface area contributed by atoms with E-state index in [1.54, 1.807) is 7.11 Å². The molecule has 2 rings (SSSR count). The maximum Gasteiger partial charge on any atom is 0.161 e. The van der Waals surface area contributed by atoms with Crippen LogP contribution in [0, 0.1) is 6.92 Å². The quantitative estimate of drug-likeness (QED) is 0.757. The van der Waals surface area contributed by atoms with Crippen LogP contribution in [0.2, 0.25) is 0 Å². The van der Waals surface area contributed by atoms with Crippen LogP contribution in [0.15, 0.2) is 28.8 Å². The SMILES string of the molecule is CCCNCc1ccc(OCc2cc(C)on2)c(OC)c1. The number of hydrogen-bond donors (Lipinski definition) is 1. The summed E-state index contributed by atoms with van der Waals surface area (Å²) < 4.78 is 16.1. The van der Waals surface area contributed by atoms with Gasteiger partial charge in [-0.05, 0) is 37.6 Å². The predicted molar refractivity (Wildman–Crippen MR) is 80.6 cm³/mol. The molecule has 1 aromatic heterocycles. The topological polar surface area (TPSA) is 56.5 Å². The third-order valence-corrected chi connectivity index (χ3v) is 3.04. The fourth-order valence-electron chi connectivity index (χ4n) is 1.99. The molecular weight excluding hydrogens is 268 g/mol. The molecule has 0 saturated heterocycles. The Labute approximate surface area is 125 Å². The van der Waals surface area contributed by atoms with E-state index in [0.29, 0.717) is 12.4 Å². The van der Waals surface area contributed by atoms with Crippen LogP contribution >= 0.6 is 0 Å². The van der Waals surface area contributed by atoms with Gasteiger partial charge in [0.2, 0.25) is 0 Å². The minimum absolute atomic E-state index is 0.362. The van der Waals surface area contributed by atoms with Crippen molar-refractivity contribution in [3.63, 3.8) is 0 Å². The largest absolute Gasteiger partial charge is 0.493 e. The molecule has 0 unspecified atom stereocenters. The summed E-state index contributed by atoms with van der Waals surface area (Å²) in [5.74, 6) is 2.21. The van der Waals surface area contributed by atoms with E-state index < -0.39 is 0 Å². The molecule has 5 heteroatoms. The van der Waals surface area contributed by atoms with Gasteiger partial charge in [0.25, 0.3) is 0 Å². The second-order valence-electron chi connectivity index (χ2n) is 4.88. The fraction of sp³-hybridized carbons (Fsp3) is 0.438. The van der Waals surface area contributed by atoms with Crippen LogP contribution in [-0.4, -0.2) is 18.8 Å². The molecule has 1 heterocycles. The molecule has 114 valence electrons. The van der Waals surface area contributed by atoms with Gasteiger partial charge in [-0.1, -0.05) is 18.1 Å². The summed E-state index contributed by atoms with van der Waals surface area (Å²) in [5, 5.41) is 7.27. The first-order valence-electron chi connectivity index (χ1n) is 7.15. The number of hydrogen-bond acceptors (Lipinski definition) is 5. The van der Waals surface area contributed by atoms with E-state index in [2.05, 4.69) is 17.4 Å². The van der Waals surface area contributed by atoms with Crippen LogP contribution in [0.3, 0.4) is 0 Å². The molecule has 0 radical (unpaired) electrons. The van der Waals surface area contributed by atoms with Crippen LogP contribution in [0.4, 0.5) is 0 Å². The van der Waals surface area contributed by atoms with Crippen LogP contribution in [-0.2, 0) is 13.2 Å². The molecule has 5 nitrogen and oxygen atoms in total. The zero-order valence-electron chi connectivity index (χ0n) is 12.8. The number of benzene rings is 1. The molecule has 0 aliphatic carbocycles. The first kappa shape index (κ1) is 15.4. The smallest absolute Gasteiger partial charge is 0.161 e. The number of ether oxygens (including phenoxy) is 2. The van der Waals surface area contributed by atoms with E-state index in [4.69, 9.17) is 14.0 Å². The van der Waals surface area contributed by atoms with Crippen LogP contribution < -0.4 is 14.8 Å². The molecule has 0 saturated carbocycles. The lowest BCUT2D eigenvalue weighted by atomic mass is 10.2. The van der Waals surface area contributed by atoms with Crippen LogP contribution in [0.1, 0.15) is 30.4 Å². The molecule has 0 amide bonds. The van der Waals surface area contributed by atoms with Crippen molar-refractivity contribution in [1.29, 1.82) is 0 Å². The van der Waals surface area contributed by atoms with Crippen molar-refractivity contribution in [2.45, 2.75) is 33.4 Å². The van der Waals surface area contributed by atoms with Crippen LogP contribution in [0.25, 0.3) is 0 Å². The Morgan fingerprint density at radius 3 is 2.76 bits per heavy atom. The Morgan fingerprint density at radius 2 is 2.10 bits per heavy atom. The highest BCUT2D eigenvalue weighted by Crippen LogP contribution is 2.28. The van der Waals surface area contributed by atoms with Crippen molar-refractivity contribution in [2.75, 3.05) is 13.7 Å². The third-order valence-electron chi connectivity index (χ3n) is 3.04. The van der Waals surface area contributed by atoms with E-state index in [1.165, 1.54) is 5.56 Å². The summed E-state index contributed by atoms with van der Waals surface area (Å²) >= 11 is 0. The average Bonchev–Trinajstić information content (AvgIpc) is 2.91. The summed E-state index contributed by atoms with van der Waals surface area (Å²) in [7, 11) is 1.64. The van der Waals surface area contributed by atoms with Gasteiger partial charge >= 0.3 is 0 Å². The highest BCUT2D eigenvalue weighted by Gasteiger charge is 2.08.